The second-order valence-corrected chi connectivity index (χ2v) is 13.0. The van der Waals surface area contributed by atoms with E-state index in [1.165, 1.54) is 11.8 Å². The highest BCUT2D eigenvalue weighted by Gasteiger charge is 2.35. The molecule has 11 heteroatoms. The summed E-state index contributed by atoms with van der Waals surface area (Å²) >= 11 is 11.3. The number of fused-ring (bicyclic) bond motifs is 1. The molecule has 0 fully saturated rings. The Morgan fingerprint density at radius 3 is 2.59 bits per heavy atom. The van der Waals surface area contributed by atoms with Crippen molar-refractivity contribution in [2.45, 2.75) is 37.4 Å². The fourth-order valence-corrected chi connectivity index (χ4v) is 6.57. The van der Waals surface area contributed by atoms with E-state index in [1.54, 1.807) is 11.8 Å². The Morgan fingerprint density at radius 1 is 1.02 bits per heavy atom. The van der Waals surface area contributed by atoms with Gasteiger partial charge in [0.15, 0.2) is 11.5 Å². The van der Waals surface area contributed by atoms with Crippen molar-refractivity contribution in [3.05, 3.63) is 134 Å². The number of halogens is 2. The van der Waals surface area contributed by atoms with Gasteiger partial charge in [0.05, 0.1) is 12.7 Å². The van der Waals surface area contributed by atoms with Gasteiger partial charge in [0.2, 0.25) is 11.1 Å². The SMILES string of the molecule is COc1cc(C2C(C(=O)Nc3cccc(C)c3)=C(C)Nc3nc(SCc4ccccc4Cl)nn32)ccc1OCc1ccc(Br)cc1. The third-order valence-electron chi connectivity index (χ3n) is 7.48. The van der Waals surface area contributed by atoms with Gasteiger partial charge in [0.25, 0.3) is 5.91 Å². The summed E-state index contributed by atoms with van der Waals surface area (Å²) in [4.78, 5) is 18.8. The Bertz CT molecular complexity index is 1930. The minimum Gasteiger partial charge on any atom is -0.493 e. The van der Waals surface area contributed by atoms with Crippen LogP contribution in [0.2, 0.25) is 5.02 Å². The van der Waals surface area contributed by atoms with E-state index in [2.05, 4.69) is 26.6 Å². The molecule has 6 rings (SSSR count). The van der Waals surface area contributed by atoms with Gasteiger partial charge >= 0.3 is 0 Å². The van der Waals surface area contributed by atoms with Crippen molar-refractivity contribution in [1.29, 1.82) is 0 Å². The smallest absolute Gasteiger partial charge is 0.255 e. The maximum absolute atomic E-state index is 14.0. The quantitative estimate of drug-likeness (QED) is 0.140. The molecule has 1 aliphatic rings. The molecule has 0 radical (unpaired) electrons. The van der Waals surface area contributed by atoms with E-state index < -0.39 is 6.04 Å². The third-order valence-corrected chi connectivity index (χ3v) is 9.26. The highest BCUT2D eigenvalue weighted by molar-refractivity contribution is 9.10. The molecule has 8 nitrogen and oxygen atoms in total. The Balaban J connectivity index is 1.34. The van der Waals surface area contributed by atoms with Crippen LogP contribution in [0.3, 0.4) is 0 Å². The molecule has 1 amide bonds. The number of allylic oxidation sites excluding steroid dienone is 1. The van der Waals surface area contributed by atoms with Gasteiger partial charge < -0.3 is 20.1 Å². The first kappa shape index (κ1) is 31.7. The van der Waals surface area contributed by atoms with Gasteiger partial charge in [-0.15, -0.1) is 5.10 Å². The van der Waals surface area contributed by atoms with Crippen LogP contribution in [0.15, 0.2) is 112 Å². The zero-order valence-corrected chi connectivity index (χ0v) is 28.5. The van der Waals surface area contributed by atoms with E-state index in [0.717, 1.165) is 26.7 Å². The van der Waals surface area contributed by atoms with E-state index in [0.29, 0.717) is 56.9 Å². The molecule has 234 valence electrons. The predicted octanol–water partition coefficient (Wildman–Crippen LogP) is 8.81. The molecule has 0 saturated carbocycles. The second-order valence-electron chi connectivity index (χ2n) is 10.8. The summed E-state index contributed by atoms with van der Waals surface area (Å²) in [5, 5.41) is 12.5. The highest BCUT2D eigenvalue weighted by atomic mass is 79.9. The number of aryl methyl sites for hydroxylation is 1. The number of anilines is 2. The topological polar surface area (TPSA) is 90.3 Å². The number of nitrogens with one attached hydrogen (secondary N) is 2. The minimum atomic E-state index is -0.599. The van der Waals surface area contributed by atoms with Gasteiger partial charge in [-0.2, -0.15) is 4.98 Å². The molecule has 1 unspecified atom stereocenters. The number of carbonyl (C=O) groups excluding carboxylic acids is 1. The van der Waals surface area contributed by atoms with Crippen LogP contribution in [0.4, 0.5) is 11.6 Å². The Morgan fingerprint density at radius 2 is 1.83 bits per heavy atom. The van der Waals surface area contributed by atoms with Crippen molar-refractivity contribution < 1.29 is 14.3 Å². The summed E-state index contributed by atoms with van der Waals surface area (Å²) in [6, 6.07) is 28.5. The fourth-order valence-electron chi connectivity index (χ4n) is 5.19. The van der Waals surface area contributed by atoms with E-state index in [1.807, 2.05) is 105 Å². The predicted molar refractivity (Wildman–Crippen MR) is 187 cm³/mol. The van der Waals surface area contributed by atoms with Gasteiger partial charge in [-0.1, -0.05) is 87.8 Å². The summed E-state index contributed by atoms with van der Waals surface area (Å²) in [5.41, 5.74) is 5.73. The number of hydrogen-bond acceptors (Lipinski definition) is 7. The molecule has 4 aromatic carbocycles. The van der Waals surface area contributed by atoms with Crippen molar-refractivity contribution in [2.75, 3.05) is 17.7 Å². The number of benzene rings is 4. The number of ether oxygens (including phenoxy) is 2. The van der Waals surface area contributed by atoms with Crippen LogP contribution in [-0.2, 0) is 17.2 Å². The van der Waals surface area contributed by atoms with Gasteiger partial charge in [-0.3, -0.25) is 4.79 Å². The lowest BCUT2D eigenvalue weighted by Crippen LogP contribution is -2.31. The molecular weight excluding hydrogens is 686 g/mol. The molecule has 0 bridgehead atoms. The van der Waals surface area contributed by atoms with Gasteiger partial charge in [0.1, 0.15) is 12.6 Å². The van der Waals surface area contributed by atoms with Gasteiger partial charge in [0, 0.05) is 26.6 Å². The number of nitrogens with zero attached hydrogens (tertiary/aromatic N) is 3. The van der Waals surface area contributed by atoms with E-state index >= 15 is 0 Å². The number of thioether (sulfide) groups is 1. The third kappa shape index (κ3) is 7.09. The highest BCUT2D eigenvalue weighted by Crippen LogP contribution is 2.40. The van der Waals surface area contributed by atoms with Crippen molar-refractivity contribution in [1.82, 2.24) is 14.8 Å². The molecule has 5 aromatic rings. The molecule has 0 saturated heterocycles. The Kier molecular flexibility index (Phi) is 9.67. The maximum atomic E-state index is 14.0. The van der Waals surface area contributed by atoms with Crippen LogP contribution in [0.25, 0.3) is 0 Å². The van der Waals surface area contributed by atoms with Crippen molar-refractivity contribution >= 4 is 56.8 Å². The molecule has 1 aromatic heterocycles. The van der Waals surface area contributed by atoms with Crippen LogP contribution < -0.4 is 20.1 Å². The van der Waals surface area contributed by atoms with Gasteiger partial charge in [-0.05, 0) is 78.6 Å². The van der Waals surface area contributed by atoms with E-state index in [9.17, 15) is 4.79 Å². The standard InChI is InChI=1S/C35H31BrClN5O3S/c1-21-7-6-9-27(17-21)39-33(43)31-22(2)38-34-40-35(46-20-25-8-4-5-10-28(25)37)41-42(34)32(31)24-13-16-29(30(18-24)44-3)45-19-23-11-14-26(36)15-12-23/h4-18,32H,19-20H2,1-3H3,(H,39,43)(H,38,40,41). The number of methoxy groups -OCH3 is 1. The molecule has 0 aliphatic carbocycles. The van der Waals surface area contributed by atoms with Crippen molar-refractivity contribution in [2.24, 2.45) is 0 Å². The number of carbonyl (C=O) groups is 1. The zero-order chi connectivity index (χ0) is 32.2. The molecule has 2 N–H and O–H groups in total. The molecular formula is C35H31BrClN5O3S. The largest absolute Gasteiger partial charge is 0.493 e. The minimum absolute atomic E-state index is 0.249. The van der Waals surface area contributed by atoms with Crippen LogP contribution in [0, 0.1) is 6.92 Å². The second kappa shape index (κ2) is 14.0. The lowest BCUT2D eigenvalue weighted by atomic mass is 9.94. The summed E-state index contributed by atoms with van der Waals surface area (Å²) in [6.07, 6.45) is 0. The normalized spacial score (nSPS) is 14.0. The Labute approximate surface area is 285 Å². The summed E-state index contributed by atoms with van der Waals surface area (Å²) in [7, 11) is 1.60. The average Bonchev–Trinajstić information content (AvgIpc) is 3.45. The Hall–Kier alpha value is -4.25. The molecule has 0 spiro atoms. The zero-order valence-electron chi connectivity index (χ0n) is 25.4. The van der Waals surface area contributed by atoms with Crippen molar-refractivity contribution in [3.8, 4) is 11.5 Å². The average molecular weight is 717 g/mol. The molecule has 1 aliphatic heterocycles. The molecule has 2 heterocycles. The first-order valence-electron chi connectivity index (χ1n) is 14.5. The summed E-state index contributed by atoms with van der Waals surface area (Å²) in [5.74, 6) is 2.01. The summed E-state index contributed by atoms with van der Waals surface area (Å²) < 4.78 is 14.7. The number of aromatic nitrogens is 3. The molecule has 1 atom stereocenters. The van der Waals surface area contributed by atoms with Crippen LogP contribution in [0.1, 0.15) is 35.2 Å². The number of hydrogen-bond donors (Lipinski definition) is 2. The fraction of sp³-hybridized carbons (Fsp3) is 0.171. The van der Waals surface area contributed by atoms with Gasteiger partial charge in [-0.25, -0.2) is 4.68 Å². The van der Waals surface area contributed by atoms with E-state index in [4.69, 9.17) is 31.2 Å². The lowest BCUT2D eigenvalue weighted by Gasteiger charge is -2.29. The number of amides is 1. The van der Waals surface area contributed by atoms with Crippen LogP contribution in [0.5, 0.6) is 11.5 Å². The monoisotopic (exact) mass is 715 g/mol. The van der Waals surface area contributed by atoms with Crippen molar-refractivity contribution in [3.63, 3.8) is 0 Å². The summed E-state index contributed by atoms with van der Waals surface area (Å²) in [6.45, 7) is 4.24. The van der Waals surface area contributed by atoms with E-state index in [-0.39, 0.29) is 5.91 Å². The molecule has 46 heavy (non-hydrogen) atoms. The number of rotatable bonds is 10. The first-order valence-corrected chi connectivity index (χ1v) is 16.7. The maximum Gasteiger partial charge on any atom is 0.255 e. The lowest BCUT2D eigenvalue weighted by molar-refractivity contribution is -0.113. The van der Waals surface area contributed by atoms with Crippen LogP contribution >= 0.6 is 39.3 Å². The first-order chi connectivity index (χ1) is 22.3. The van der Waals surface area contributed by atoms with Crippen LogP contribution in [-0.4, -0.2) is 27.8 Å².